The van der Waals surface area contributed by atoms with Gasteiger partial charge in [0.05, 0.1) is 0 Å². The number of thioether (sulfide) groups is 1. The van der Waals surface area contributed by atoms with E-state index in [-0.39, 0.29) is 10.9 Å². The highest BCUT2D eigenvalue weighted by molar-refractivity contribution is 8.14. The van der Waals surface area contributed by atoms with Crippen LogP contribution in [0, 0.1) is 5.82 Å². The molecule has 0 N–H and O–H groups in total. The molecule has 3 heteroatoms. The van der Waals surface area contributed by atoms with Crippen LogP contribution in [0.25, 0.3) is 11.1 Å². The fraction of sp³-hybridized carbons (Fsp3) is 0.133. The van der Waals surface area contributed by atoms with Crippen LogP contribution >= 0.6 is 11.8 Å². The van der Waals surface area contributed by atoms with Gasteiger partial charge in [0.1, 0.15) is 5.82 Å². The van der Waals surface area contributed by atoms with Crippen molar-refractivity contribution in [2.75, 3.05) is 5.75 Å². The Morgan fingerprint density at radius 3 is 2.00 bits per heavy atom. The second-order valence-corrected chi connectivity index (χ2v) is 5.04. The van der Waals surface area contributed by atoms with Gasteiger partial charge in [-0.3, -0.25) is 4.79 Å². The highest BCUT2D eigenvalue weighted by Crippen LogP contribution is 2.21. The lowest BCUT2D eigenvalue weighted by molar-refractivity contribution is 0.108. The summed E-state index contributed by atoms with van der Waals surface area (Å²) in [4.78, 5) is 11.7. The van der Waals surface area contributed by atoms with Crippen molar-refractivity contribution < 1.29 is 9.18 Å². The van der Waals surface area contributed by atoms with E-state index in [1.165, 1.54) is 23.9 Å². The van der Waals surface area contributed by atoms with E-state index in [0.29, 0.717) is 5.56 Å². The van der Waals surface area contributed by atoms with Gasteiger partial charge in [-0.1, -0.05) is 43.0 Å². The molecule has 1 nitrogen and oxygen atoms in total. The first-order chi connectivity index (χ1) is 8.70. The van der Waals surface area contributed by atoms with Crippen LogP contribution in [0.1, 0.15) is 17.3 Å². The second kappa shape index (κ2) is 5.83. The molecule has 0 atom stereocenters. The van der Waals surface area contributed by atoms with E-state index in [9.17, 15) is 9.18 Å². The summed E-state index contributed by atoms with van der Waals surface area (Å²) >= 11 is 1.30. The third-order valence-electron chi connectivity index (χ3n) is 2.57. The number of hydrogen-bond acceptors (Lipinski definition) is 2. The maximum absolute atomic E-state index is 12.8. The first-order valence-corrected chi connectivity index (χ1v) is 6.72. The lowest BCUT2D eigenvalue weighted by Crippen LogP contribution is -1.93. The predicted molar refractivity (Wildman–Crippen MR) is 74.3 cm³/mol. The monoisotopic (exact) mass is 260 g/mol. The van der Waals surface area contributed by atoms with E-state index >= 15 is 0 Å². The molecule has 0 aliphatic carbocycles. The van der Waals surface area contributed by atoms with Crippen molar-refractivity contribution in [1.82, 2.24) is 0 Å². The van der Waals surface area contributed by atoms with Gasteiger partial charge in [0, 0.05) is 5.56 Å². The lowest BCUT2D eigenvalue weighted by atomic mass is 10.0. The molecule has 0 unspecified atom stereocenters. The Bertz CT molecular complexity index is 531. The Hall–Kier alpha value is -1.61. The van der Waals surface area contributed by atoms with Crippen LogP contribution in [0.15, 0.2) is 48.5 Å². The Kier molecular flexibility index (Phi) is 4.15. The normalized spacial score (nSPS) is 10.3. The van der Waals surface area contributed by atoms with Crippen molar-refractivity contribution in [2.24, 2.45) is 0 Å². The summed E-state index contributed by atoms with van der Waals surface area (Å²) in [5.74, 6) is 0.531. The molecular formula is C15H13FOS. The van der Waals surface area contributed by atoms with E-state index in [2.05, 4.69) is 0 Å². The van der Waals surface area contributed by atoms with Gasteiger partial charge in [0.15, 0.2) is 0 Å². The number of rotatable bonds is 3. The fourth-order valence-corrected chi connectivity index (χ4v) is 2.22. The third kappa shape index (κ3) is 2.99. The van der Waals surface area contributed by atoms with Crippen molar-refractivity contribution in [3.8, 4) is 11.1 Å². The molecule has 0 heterocycles. The molecule has 2 aromatic carbocycles. The van der Waals surface area contributed by atoms with Crippen LogP contribution in [-0.4, -0.2) is 10.9 Å². The molecule has 0 aromatic heterocycles. The molecule has 0 spiro atoms. The maximum atomic E-state index is 12.8. The molecular weight excluding hydrogens is 247 g/mol. The number of halogens is 1. The molecule has 0 bridgehead atoms. The zero-order chi connectivity index (χ0) is 13.0. The number of benzene rings is 2. The summed E-state index contributed by atoms with van der Waals surface area (Å²) in [6.07, 6.45) is 0. The van der Waals surface area contributed by atoms with Crippen LogP contribution < -0.4 is 0 Å². The quantitative estimate of drug-likeness (QED) is 0.814. The van der Waals surface area contributed by atoms with Gasteiger partial charge in [-0.25, -0.2) is 4.39 Å². The minimum absolute atomic E-state index is 0.0863. The van der Waals surface area contributed by atoms with Gasteiger partial charge in [-0.15, -0.1) is 0 Å². The molecule has 0 amide bonds. The van der Waals surface area contributed by atoms with Crippen LogP contribution in [0.5, 0.6) is 0 Å². The van der Waals surface area contributed by atoms with Crippen LogP contribution in [0.3, 0.4) is 0 Å². The zero-order valence-electron chi connectivity index (χ0n) is 10.0. The van der Waals surface area contributed by atoms with Crippen molar-refractivity contribution in [3.05, 3.63) is 59.9 Å². The molecule has 0 fully saturated rings. The van der Waals surface area contributed by atoms with Gasteiger partial charge in [-0.2, -0.15) is 0 Å². The Morgan fingerprint density at radius 2 is 1.50 bits per heavy atom. The van der Waals surface area contributed by atoms with E-state index in [1.54, 1.807) is 12.1 Å². The predicted octanol–water partition coefficient (Wildman–Crippen LogP) is 4.39. The Balaban J connectivity index is 2.22. The van der Waals surface area contributed by atoms with Crippen LogP contribution in [-0.2, 0) is 0 Å². The topological polar surface area (TPSA) is 17.1 Å². The molecule has 0 saturated carbocycles. The average Bonchev–Trinajstić information content (AvgIpc) is 2.40. The largest absolute Gasteiger partial charge is 0.282 e. The van der Waals surface area contributed by atoms with E-state index in [0.717, 1.165) is 16.9 Å². The lowest BCUT2D eigenvalue weighted by Gasteiger charge is -2.03. The Labute approximate surface area is 110 Å². The van der Waals surface area contributed by atoms with Gasteiger partial charge in [0.25, 0.3) is 0 Å². The van der Waals surface area contributed by atoms with Crippen LogP contribution in [0.2, 0.25) is 0 Å². The summed E-state index contributed by atoms with van der Waals surface area (Å²) in [6, 6.07) is 13.7. The minimum Gasteiger partial charge on any atom is -0.282 e. The molecule has 2 aromatic rings. The summed E-state index contributed by atoms with van der Waals surface area (Å²) in [5, 5.41) is 0.0863. The SMILES string of the molecule is CCSC(=O)c1ccc(-c2ccc(F)cc2)cc1. The summed E-state index contributed by atoms with van der Waals surface area (Å²) < 4.78 is 12.8. The first-order valence-electron chi connectivity index (χ1n) is 5.74. The fourth-order valence-electron chi connectivity index (χ4n) is 1.66. The van der Waals surface area contributed by atoms with Crippen molar-refractivity contribution in [2.45, 2.75) is 6.92 Å². The average molecular weight is 260 g/mol. The van der Waals surface area contributed by atoms with E-state index in [4.69, 9.17) is 0 Å². The summed E-state index contributed by atoms with van der Waals surface area (Å²) in [6.45, 7) is 1.95. The molecule has 0 saturated heterocycles. The standard InChI is InChI=1S/C15H13FOS/c1-2-18-15(17)13-5-3-11(4-6-13)12-7-9-14(16)10-8-12/h3-10H,2H2,1H3. The zero-order valence-corrected chi connectivity index (χ0v) is 10.8. The van der Waals surface area contributed by atoms with Gasteiger partial charge in [-0.05, 0) is 41.1 Å². The van der Waals surface area contributed by atoms with Gasteiger partial charge < -0.3 is 0 Å². The van der Waals surface area contributed by atoms with Gasteiger partial charge in [0.2, 0.25) is 5.12 Å². The molecule has 0 radical (unpaired) electrons. The maximum Gasteiger partial charge on any atom is 0.219 e. The number of carbonyl (C=O) groups excluding carboxylic acids is 1. The molecule has 92 valence electrons. The second-order valence-electron chi connectivity index (χ2n) is 3.80. The number of hydrogen-bond donors (Lipinski definition) is 0. The number of carbonyl (C=O) groups is 1. The van der Waals surface area contributed by atoms with Crippen molar-refractivity contribution in [1.29, 1.82) is 0 Å². The highest BCUT2D eigenvalue weighted by atomic mass is 32.2. The minimum atomic E-state index is -0.245. The highest BCUT2D eigenvalue weighted by Gasteiger charge is 2.05. The van der Waals surface area contributed by atoms with Crippen LogP contribution in [0.4, 0.5) is 4.39 Å². The van der Waals surface area contributed by atoms with E-state index in [1.807, 2.05) is 31.2 Å². The van der Waals surface area contributed by atoms with E-state index < -0.39 is 0 Å². The third-order valence-corrected chi connectivity index (χ3v) is 3.36. The van der Waals surface area contributed by atoms with Gasteiger partial charge >= 0.3 is 0 Å². The van der Waals surface area contributed by atoms with Crippen molar-refractivity contribution in [3.63, 3.8) is 0 Å². The summed E-state index contributed by atoms with van der Waals surface area (Å²) in [7, 11) is 0. The summed E-state index contributed by atoms with van der Waals surface area (Å²) in [5.41, 5.74) is 2.62. The smallest absolute Gasteiger partial charge is 0.219 e. The molecule has 18 heavy (non-hydrogen) atoms. The molecule has 2 rings (SSSR count). The Morgan fingerprint density at radius 1 is 1.00 bits per heavy atom. The molecule has 0 aliphatic rings. The van der Waals surface area contributed by atoms with Crippen molar-refractivity contribution >= 4 is 16.9 Å². The molecule has 0 aliphatic heterocycles. The first kappa shape index (κ1) is 12.8.